The van der Waals surface area contributed by atoms with Crippen LogP contribution in [0.25, 0.3) is 0 Å². The first-order valence-corrected chi connectivity index (χ1v) is 12.0. The first-order chi connectivity index (χ1) is 19.2. The minimum absolute atomic E-state index is 0. The summed E-state index contributed by atoms with van der Waals surface area (Å²) in [5.41, 5.74) is 20.3. The Bertz CT molecular complexity index is 1340. The van der Waals surface area contributed by atoms with E-state index < -0.39 is 0 Å². The molecule has 228 valence electrons. The molecule has 0 atom stereocenters. The number of hydrogen-bond acceptors (Lipinski definition) is 13. The van der Waals surface area contributed by atoms with E-state index in [1.807, 2.05) is 44.2 Å². The second-order valence-electron chi connectivity index (χ2n) is 7.53. The molecule has 0 fully saturated rings. The summed E-state index contributed by atoms with van der Waals surface area (Å²) in [4.78, 5) is 15.7. The van der Waals surface area contributed by atoms with Crippen LogP contribution in [0.3, 0.4) is 0 Å². The van der Waals surface area contributed by atoms with E-state index in [1.54, 1.807) is 49.3 Å². The molecule has 0 aliphatic heterocycles. The van der Waals surface area contributed by atoms with Crippen LogP contribution in [-0.4, -0.2) is 44.2 Å². The Balaban J connectivity index is -0.000000253. The van der Waals surface area contributed by atoms with Gasteiger partial charge < -0.3 is 54.0 Å². The zero-order valence-electron chi connectivity index (χ0n) is 25.6. The van der Waals surface area contributed by atoms with Crippen LogP contribution in [0.1, 0.15) is 43.5 Å². The van der Waals surface area contributed by atoms with Gasteiger partial charge in [-0.05, 0) is 51.0 Å². The van der Waals surface area contributed by atoms with E-state index in [4.69, 9.17) is 42.8 Å². The van der Waals surface area contributed by atoms with Gasteiger partial charge in [-0.1, -0.05) is 12.1 Å². The van der Waals surface area contributed by atoms with Gasteiger partial charge in [0.05, 0.1) is 19.5 Å². The van der Waals surface area contributed by atoms with Crippen LogP contribution >= 0.6 is 0 Å². The Morgan fingerprint density at radius 3 is 1.98 bits per heavy atom. The number of nitrogen functional groups attached to an aromatic ring is 1. The zero-order valence-corrected chi connectivity index (χ0v) is 25.5. The number of ether oxygens (including phenoxy) is 1. The first kappa shape index (κ1) is 41.5. The lowest BCUT2D eigenvalue weighted by Gasteiger charge is -2.04. The van der Waals surface area contributed by atoms with Crippen molar-refractivity contribution in [1.82, 2.24) is 19.5 Å². The number of anilines is 1. The van der Waals surface area contributed by atoms with Gasteiger partial charge in [0.2, 0.25) is 0 Å². The van der Waals surface area contributed by atoms with Crippen LogP contribution in [-0.2, 0) is 31.3 Å². The lowest BCUT2D eigenvalue weighted by Crippen LogP contribution is -2.04. The highest BCUT2D eigenvalue weighted by atomic mass is 32.1. The average Bonchev–Trinajstić information content (AvgIpc) is 3.32. The number of nitriles is 3. The number of pyridine rings is 2. The smallest absolute Gasteiger partial charge is 0.182 e. The van der Waals surface area contributed by atoms with Gasteiger partial charge in [-0.25, -0.2) is 9.98 Å². The normalized spacial score (nSPS) is 9.60. The van der Waals surface area contributed by atoms with Crippen LogP contribution in [0.4, 0.5) is 5.82 Å². The van der Waals surface area contributed by atoms with E-state index in [-0.39, 0.29) is 46.0 Å². The average molecular weight is 597 g/mol. The molecule has 42 heavy (non-hydrogen) atoms. The minimum atomic E-state index is -0.214. The molecule has 7 N–H and O–H groups in total. The summed E-state index contributed by atoms with van der Waals surface area (Å²) in [6.07, 6.45) is 6.24. The second-order valence-corrected chi connectivity index (χ2v) is 7.53. The Morgan fingerprint density at radius 1 is 1.05 bits per heavy atom. The fourth-order valence-corrected chi connectivity index (χ4v) is 2.39. The van der Waals surface area contributed by atoms with E-state index in [0.29, 0.717) is 25.5 Å². The molecule has 0 aliphatic carbocycles. The molecule has 0 aromatic carbocycles. The molecule has 0 aliphatic rings. The molecule has 0 radical (unpaired) electrons. The fourth-order valence-electron chi connectivity index (χ4n) is 2.39. The molecular weight excluding hydrogens is 554 g/mol. The standard InChI is InChI=1S/C11H11N5.C7H8N4O.C7H10N2.C2H6O.CH3.H2S.H/c1-8-2-3-9(5-14-8)6-16-7-15-10(4-12)11(16)13;1-2-12-5-11-7(4-9)6(10)3-8;1-6-2-3-7(4-8)5-9-6;1-2-3;;;/h2-3,5,7H,6,13H2,1H3;5H,2,10H2,1H3;2-3,5H,4,8H2,1H3;3H,2H2,1H3;1H3;1H2;/q;;;;-1;;-1/p-1/b;7-6-,11-5?;;;;;/i;;;;;;1+2. The van der Waals surface area contributed by atoms with Crippen molar-refractivity contribution in [1.29, 1.82) is 15.8 Å². The molecule has 0 spiro atoms. The number of rotatable bonds is 6. The Labute approximate surface area is 256 Å². The number of allylic oxidation sites excluding steroid dienone is 2. The summed E-state index contributed by atoms with van der Waals surface area (Å²) >= 11 is 0. The quantitative estimate of drug-likeness (QED) is 0.0802. The molecule has 14 heteroatoms. The number of aromatic nitrogens is 4. The van der Waals surface area contributed by atoms with Crippen molar-refractivity contribution in [3.05, 3.63) is 90.0 Å². The maximum Gasteiger partial charge on any atom is 0.182 e. The van der Waals surface area contributed by atoms with Gasteiger partial charge in [-0.3, -0.25) is 9.97 Å². The van der Waals surface area contributed by atoms with Crippen molar-refractivity contribution in [3.63, 3.8) is 0 Å². The van der Waals surface area contributed by atoms with E-state index in [2.05, 4.69) is 19.9 Å². The fraction of sp³-hybridized carbons (Fsp3) is 0.286. The Hall–Kier alpha value is -4.94. The van der Waals surface area contributed by atoms with Gasteiger partial charge in [0, 0.05) is 36.9 Å². The molecule has 0 bridgehead atoms. The molecule has 3 rings (SSSR count). The molecule has 0 saturated carbocycles. The summed E-state index contributed by atoms with van der Waals surface area (Å²) < 4.78 is 6.45. The zero-order chi connectivity index (χ0) is 30.3. The number of nitrogens with zero attached hydrogens (tertiary/aromatic N) is 8. The highest BCUT2D eigenvalue weighted by Crippen LogP contribution is 2.11. The maximum atomic E-state index is 8.72. The van der Waals surface area contributed by atoms with E-state index >= 15 is 0 Å². The predicted octanol–water partition coefficient (Wildman–Crippen LogP) is 2.50. The van der Waals surface area contributed by atoms with Crippen molar-refractivity contribution in [2.45, 2.75) is 40.8 Å². The monoisotopic (exact) mass is 596 g/mol. The lowest BCUT2D eigenvalue weighted by molar-refractivity contribution is 0.318. The number of thiol groups is 1. The van der Waals surface area contributed by atoms with Gasteiger partial charge in [0.25, 0.3) is 0 Å². The van der Waals surface area contributed by atoms with Gasteiger partial charge in [0.15, 0.2) is 17.8 Å². The van der Waals surface area contributed by atoms with E-state index in [9.17, 15) is 0 Å². The van der Waals surface area contributed by atoms with Crippen LogP contribution in [0.5, 0.6) is 0 Å². The van der Waals surface area contributed by atoms with Gasteiger partial charge >= 0.3 is 0 Å². The van der Waals surface area contributed by atoms with Crippen molar-refractivity contribution in [2.75, 3.05) is 18.9 Å². The minimum Gasteiger partial charge on any atom is -1.00 e. The number of nitrogens with two attached hydrogens (primary N) is 3. The molecule has 0 saturated heterocycles. The van der Waals surface area contributed by atoms with E-state index in [0.717, 1.165) is 28.9 Å². The number of aliphatic hydroxyl groups is 1. The van der Waals surface area contributed by atoms with E-state index in [1.165, 1.54) is 0 Å². The molecule has 0 unspecified atom stereocenters. The third-order valence-electron chi connectivity index (χ3n) is 4.42. The van der Waals surface area contributed by atoms with Crippen molar-refractivity contribution < 1.29 is 11.3 Å². The Kier molecular flexibility index (Phi) is 24.8. The lowest BCUT2D eigenvalue weighted by atomic mass is 10.2. The number of imidazole rings is 1. The summed E-state index contributed by atoms with van der Waals surface area (Å²) in [7, 11) is 0. The third-order valence-corrected chi connectivity index (χ3v) is 4.42. The van der Waals surface area contributed by atoms with Gasteiger partial charge in [-0.15, -0.1) is 0 Å². The SMILES string of the molecule is CCO.CCOC=N/C(C#N)=C(\N)C#N.Cc1ccc(CN)cn1.Cc1ccc(Cn2cnc(C#N)c2N)cn1.[3H-].[CH3-].[SH-]. The number of aliphatic imine (C=N–C) groups is 1. The highest BCUT2D eigenvalue weighted by Gasteiger charge is 2.06. The number of aryl methyl sites for hydroxylation is 2. The van der Waals surface area contributed by atoms with Crippen molar-refractivity contribution >= 4 is 25.7 Å². The van der Waals surface area contributed by atoms with Crippen LogP contribution in [0.2, 0.25) is 0 Å². The summed E-state index contributed by atoms with van der Waals surface area (Å²) in [5, 5.41) is 33.0. The largest absolute Gasteiger partial charge is 1.00 e. The Morgan fingerprint density at radius 2 is 1.60 bits per heavy atom. The summed E-state index contributed by atoms with van der Waals surface area (Å²) in [6, 6.07) is 13.1. The van der Waals surface area contributed by atoms with Gasteiger partial charge in [-0.2, -0.15) is 15.8 Å². The van der Waals surface area contributed by atoms with Crippen molar-refractivity contribution in [3.8, 4) is 18.2 Å². The summed E-state index contributed by atoms with van der Waals surface area (Å²) in [6.45, 7) is 9.20. The maximum absolute atomic E-state index is 8.72. The van der Waals surface area contributed by atoms with Gasteiger partial charge in [0.1, 0.15) is 29.7 Å². The van der Waals surface area contributed by atoms with Crippen molar-refractivity contribution in [2.24, 2.45) is 16.5 Å². The third kappa shape index (κ3) is 16.9. The molecule has 13 nitrogen and oxygen atoms in total. The topological polar surface area (TPSA) is 235 Å². The highest BCUT2D eigenvalue weighted by molar-refractivity contribution is 7.37. The molecule has 3 aromatic rings. The first-order valence-electron chi connectivity index (χ1n) is 12.0. The van der Waals surface area contributed by atoms with Crippen LogP contribution in [0.15, 0.2) is 59.4 Å². The predicted molar refractivity (Wildman–Crippen MR) is 168 cm³/mol. The molecule has 3 heterocycles. The number of aliphatic hydroxyl groups excluding tert-OH is 1. The molecule has 3 aromatic heterocycles. The second kappa shape index (κ2) is 25.1. The van der Waals surface area contributed by atoms with Crippen LogP contribution < -0.4 is 17.2 Å². The van der Waals surface area contributed by atoms with Crippen LogP contribution in [0, 0.1) is 55.3 Å². The molecule has 0 amide bonds. The molecular formula is C28H40N11O2S-3. The number of hydrogen-bond donors (Lipinski definition) is 4. The summed E-state index contributed by atoms with van der Waals surface area (Å²) in [5.74, 6) is 0.392.